The van der Waals surface area contributed by atoms with Crippen LogP contribution in [0.3, 0.4) is 0 Å². The van der Waals surface area contributed by atoms with E-state index in [9.17, 15) is 13.2 Å². The summed E-state index contributed by atoms with van der Waals surface area (Å²) in [5.41, 5.74) is 2.23. The quantitative estimate of drug-likeness (QED) is 0.885. The lowest BCUT2D eigenvalue weighted by atomic mass is 9.87. The van der Waals surface area contributed by atoms with Crippen molar-refractivity contribution in [3.05, 3.63) is 47.3 Å². The van der Waals surface area contributed by atoms with Crippen molar-refractivity contribution in [1.29, 1.82) is 0 Å². The molecule has 0 spiro atoms. The van der Waals surface area contributed by atoms with Crippen molar-refractivity contribution in [3.8, 4) is 0 Å². The van der Waals surface area contributed by atoms with Crippen LogP contribution < -0.4 is 4.72 Å². The Labute approximate surface area is 149 Å². The molecule has 1 aromatic carbocycles. The average Bonchev–Trinajstić information content (AvgIpc) is 2.89. The summed E-state index contributed by atoms with van der Waals surface area (Å²) < 4.78 is 29.0. The minimum atomic E-state index is -3.89. The molecule has 0 unspecified atom stereocenters. The molecule has 1 aromatic heterocycles. The molecule has 0 bridgehead atoms. The predicted molar refractivity (Wildman–Crippen MR) is 96.7 cm³/mol. The van der Waals surface area contributed by atoms with Crippen molar-refractivity contribution < 1.29 is 13.2 Å². The second-order valence-electron chi connectivity index (χ2n) is 7.28. The SMILES string of the molecule is Cc1ccc(C(C)(C)C)cc1S(=O)(=O)NC(=O)CCc1cnn(C)c1. The van der Waals surface area contributed by atoms with E-state index in [2.05, 4.69) is 9.82 Å². The molecule has 1 heterocycles. The fourth-order valence-corrected chi connectivity index (χ4v) is 3.76. The van der Waals surface area contributed by atoms with Crippen LogP contribution in [0.1, 0.15) is 43.9 Å². The summed E-state index contributed by atoms with van der Waals surface area (Å²) in [6.45, 7) is 7.77. The Morgan fingerprint density at radius 3 is 2.52 bits per heavy atom. The molecular weight excluding hydrogens is 338 g/mol. The van der Waals surface area contributed by atoms with Gasteiger partial charge in [0.2, 0.25) is 5.91 Å². The standard InChI is InChI=1S/C18H25N3O3S/c1-13-6-8-15(18(2,3)4)10-16(13)25(23,24)20-17(22)9-7-14-11-19-21(5)12-14/h6,8,10-12H,7,9H2,1-5H3,(H,20,22). The van der Waals surface area contributed by atoms with E-state index >= 15 is 0 Å². The first-order chi connectivity index (χ1) is 11.5. The van der Waals surface area contributed by atoms with Crippen LogP contribution in [0, 0.1) is 6.92 Å². The third-order valence-corrected chi connectivity index (χ3v) is 5.51. The molecule has 7 heteroatoms. The Hall–Kier alpha value is -2.15. The van der Waals surface area contributed by atoms with Crippen molar-refractivity contribution in [2.75, 3.05) is 0 Å². The molecule has 0 fully saturated rings. The Morgan fingerprint density at radius 1 is 1.28 bits per heavy atom. The fourth-order valence-electron chi connectivity index (χ4n) is 2.47. The van der Waals surface area contributed by atoms with Gasteiger partial charge >= 0.3 is 0 Å². The van der Waals surface area contributed by atoms with Crippen LogP contribution in [0.4, 0.5) is 0 Å². The van der Waals surface area contributed by atoms with Crippen molar-refractivity contribution in [3.63, 3.8) is 0 Å². The van der Waals surface area contributed by atoms with E-state index in [0.29, 0.717) is 12.0 Å². The molecule has 6 nitrogen and oxygen atoms in total. The van der Waals surface area contributed by atoms with Crippen LogP contribution >= 0.6 is 0 Å². The topological polar surface area (TPSA) is 81.1 Å². The summed E-state index contributed by atoms with van der Waals surface area (Å²) in [4.78, 5) is 12.2. The van der Waals surface area contributed by atoms with Crippen LogP contribution in [0.25, 0.3) is 0 Å². The van der Waals surface area contributed by atoms with Gasteiger partial charge in [-0.3, -0.25) is 9.48 Å². The minimum Gasteiger partial charge on any atom is -0.276 e. The maximum atomic E-state index is 12.6. The smallest absolute Gasteiger partial charge is 0.264 e. The number of carbonyl (C=O) groups is 1. The lowest BCUT2D eigenvalue weighted by Crippen LogP contribution is -2.31. The third-order valence-electron chi connectivity index (χ3n) is 3.99. The number of hydrogen-bond acceptors (Lipinski definition) is 4. The number of carbonyl (C=O) groups excluding carboxylic acids is 1. The van der Waals surface area contributed by atoms with Gasteiger partial charge < -0.3 is 0 Å². The number of amides is 1. The molecule has 2 aromatic rings. The molecule has 0 saturated heterocycles. The monoisotopic (exact) mass is 363 g/mol. The van der Waals surface area contributed by atoms with Crippen LogP contribution in [-0.2, 0) is 33.7 Å². The van der Waals surface area contributed by atoms with Gasteiger partial charge in [0.05, 0.1) is 11.1 Å². The van der Waals surface area contributed by atoms with E-state index in [1.54, 1.807) is 43.2 Å². The Balaban J connectivity index is 2.14. The number of aromatic nitrogens is 2. The highest BCUT2D eigenvalue weighted by Gasteiger charge is 2.23. The molecule has 0 aliphatic heterocycles. The van der Waals surface area contributed by atoms with Crippen molar-refractivity contribution in [2.24, 2.45) is 7.05 Å². The van der Waals surface area contributed by atoms with Crippen LogP contribution in [-0.4, -0.2) is 24.1 Å². The van der Waals surface area contributed by atoms with Crippen molar-refractivity contribution in [2.45, 2.75) is 50.8 Å². The summed E-state index contributed by atoms with van der Waals surface area (Å²) in [7, 11) is -2.10. The molecule has 2 rings (SSSR count). The fraction of sp³-hybridized carbons (Fsp3) is 0.444. The van der Waals surface area contributed by atoms with Crippen molar-refractivity contribution >= 4 is 15.9 Å². The van der Waals surface area contributed by atoms with Crippen LogP contribution in [0.15, 0.2) is 35.5 Å². The number of nitrogens with zero attached hydrogens (tertiary/aromatic N) is 2. The van der Waals surface area contributed by atoms with E-state index < -0.39 is 15.9 Å². The molecule has 0 saturated carbocycles. The van der Waals surface area contributed by atoms with Gasteiger partial charge in [-0.25, -0.2) is 13.1 Å². The van der Waals surface area contributed by atoms with Gasteiger partial charge in [0.1, 0.15) is 0 Å². The second-order valence-corrected chi connectivity index (χ2v) is 8.93. The second kappa shape index (κ2) is 7.00. The minimum absolute atomic E-state index is 0.0862. The number of hydrogen-bond donors (Lipinski definition) is 1. The number of aryl methyl sites for hydroxylation is 3. The number of nitrogens with one attached hydrogen (secondary N) is 1. The molecule has 0 aliphatic rings. The summed E-state index contributed by atoms with van der Waals surface area (Å²) in [6.07, 6.45) is 4.00. The summed E-state index contributed by atoms with van der Waals surface area (Å²) >= 11 is 0. The summed E-state index contributed by atoms with van der Waals surface area (Å²) in [5.74, 6) is -0.524. The Bertz CT molecular complexity index is 877. The molecule has 0 aliphatic carbocycles. The third kappa shape index (κ3) is 4.92. The van der Waals surface area contributed by atoms with Crippen molar-refractivity contribution in [1.82, 2.24) is 14.5 Å². The van der Waals surface area contributed by atoms with E-state index in [-0.39, 0.29) is 16.7 Å². The zero-order chi connectivity index (χ0) is 18.8. The van der Waals surface area contributed by atoms with Gasteiger partial charge in [-0.05, 0) is 41.5 Å². The van der Waals surface area contributed by atoms with Gasteiger partial charge in [0.15, 0.2) is 0 Å². The maximum Gasteiger partial charge on any atom is 0.264 e. The summed E-state index contributed by atoms with van der Waals surface area (Å²) in [6, 6.07) is 5.33. The van der Waals surface area contributed by atoms with Gasteiger partial charge in [0, 0.05) is 19.7 Å². The lowest BCUT2D eigenvalue weighted by Gasteiger charge is -2.20. The number of benzene rings is 1. The van der Waals surface area contributed by atoms with Gasteiger partial charge in [-0.1, -0.05) is 32.9 Å². The molecular formula is C18H25N3O3S. The highest BCUT2D eigenvalue weighted by molar-refractivity contribution is 7.90. The van der Waals surface area contributed by atoms with Gasteiger partial charge in [-0.2, -0.15) is 5.10 Å². The first-order valence-corrected chi connectivity index (χ1v) is 9.61. The molecule has 0 atom stereocenters. The van der Waals surface area contributed by atoms with E-state index in [4.69, 9.17) is 0 Å². The predicted octanol–water partition coefficient (Wildman–Crippen LogP) is 2.46. The average molecular weight is 363 g/mol. The number of rotatable bonds is 5. The lowest BCUT2D eigenvalue weighted by molar-refractivity contribution is -0.119. The zero-order valence-corrected chi connectivity index (χ0v) is 16.1. The van der Waals surface area contributed by atoms with Crippen LogP contribution in [0.2, 0.25) is 0 Å². The first-order valence-electron chi connectivity index (χ1n) is 8.13. The molecule has 0 radical (unpaired) electrons. The van der Waals surface area contributed by atoms with Crippen LogP contribution in [0.5, 0.6) is 0 Å². The van der Waals surface area contributed by atoms with Gasteiger partial charge in [0.25, 0.3) is 10.0 Å². The maximum absolute atomic E-state index is 12.6. The Kier molecular flexibility index (Phi) is 5.37. The normalized spacial score (nSPS) is 12.2. The van der Waals surface area contributed by atoms with Gasteiger partial charge in [-0.15, -0.1) is 0 Å². The molecule has 1 N–H and O–H groups in total. The summed E-state index contributed by atoms with van der Waals surface area (Å²) in [5, 5.41) is 4.03. The zero-order valence-electron chi connectivity index (χ0n) is 15.3. The Morgan fingerprint density at radius 2 is 1.96 bits per heavy atom. The van der Waals surface area contributed by atoms with E-state index in [0.717, 1.165) is 11.1 Å². The highest BCUT2D eigenvalue weighted by atomic mass is 32.2. The molecule has 136 valence electrons. The van der Waals surface area contributed by atoms with E-state index in [1.165, 1.54) is 0 Å². The largest absolute Gasteiger partial charge is 0.276 e. The first kappa shape index (κ1) is 19.2. The number of sulfonamides is 1. The molecule has 25 heavy (non-hydrogen) atoms. The van der Waals surface area contributed by atoms with E-state index in [1.807, 2.05) is 26.8 Å². The molecule has 1 amide bonds. The highest BCUT2D eigenvalue weighted by Crippen LogP contribution is 2.26.